The number of sulfone groups is 1. The highest BCUT2D eigenvalue weighted by Crippen LogP contribution is 2.54. The normalized spacial score (nSPS) is 30.8. The van der Waals surface area contributed by atoms with Crippen molar-refractivity contribution in [2.75, 3.05) is 5.32 Å². The Labute approximate surface area is 180 Å². The Hall–Kier alpha value is -2.03. The van der Waals surface area contributed by atoms with Gasteiger partial charge in [0, 0.05) is 18.0 Å². The molecule has 2 aliphatic rings. The van der Waals surface area contributed by atoms with Gasteiger partial charge in [0.15, 0.2) is 15.7 Å². The predicted octanol–water partition coefficient (Wildman–Crippen LogP) is 3.34. The van der Waals surface area contributed by atoms with E-state index in [1.54, 1.807) is 0 Å². The lowest BCUT2D eigenvalue weighted by molar-refractivity contribution is -0.0466. The molecule has 1 aromatic heterocycles. The zero-order valence-corrected chi connectivity index (χ0v) is 18.3. The average molecular weight is 450 g/mol. The molecule has 2 fully saturated rings. The molecule has 7 nitrogen and oxygen atoms in total. The molecule has 1 aromatic carbocycles. The third kappa shape index (κ3) is 3.61. The van der Waals surface area contributed by atoms with Gasteiger partial charge in [0.05, 0.1) is 27.0 Å². The number of rotatable bonds is 4. The summed E-state index contributed by atoms with van der Waals surface area (Å²) in [6, 6.07) is 4.22. The van der Waals surface area contributed by atoms with Crippen molar-refractivity contribution in [3.63, 3.8) is 0 Å². The van der Waals surface area contributed by atoms with E-state index in [2.05, 4.69) is 22.2 Å². The molecule has 0 radical (unpaired) electrons. The summed E-state index contributed by atoms with van der Waals surface area (Å²) in [5.74, 6) is -0.0959. The van der Waals surface area contributed by atoms with Crippen LogP contribution in [0.3, 0.4) is 0 Å². The molecule has 9 heteroatoms. The molecule has 2 aliphatic carbocycles. The fourth-order valence-electron chi connectivity index (χ4n) is 5.08. The Kier molecular flexibility index (Phi) is 5.36. The van der Waals surface area contributed by atoms with Crippen LogP contribution in [0.15, 0.2) is 41.7 Å². The second kappa shape index (κ2) is 7.59. The monoisotopic (exact) mass is 449 g/mol. The van der Waals surface area contributed by atoms with Gasteiger partial charge in [-0.2, -0.15) is 0 Å². The van der Waals surface area contributed by atoms with Gasteiger partial charge >= 0.3 is 0 Å². The number of fused-ring (bicyclic) bond motifs is 2. The van der Waals surface area contributed by atoms with Gasteiger partial charge in [0.1, 0.15) is 0 Å². The highest BCUT2D eigenvalue weighted by molar-refractivity contribution is 7.92. The average Bonchev–Trinajstić information content (AvgIpc) is 2.83. The summed E-state index contributed by atoms with van der Waals surface area (Å²) in [5, 5.41) is 12.9. The van der Waals surface area contributed by atoms with E-state index in [4.69, 9.17) is 11.6 Å². The predicted molar refractivity (Wildman–Crippen MR) is 113 cm³/mol. The van der Waals surface area contributed by atoms with E-state index in [1.807, 2.05) is 6.92 Å². The number of hydrogen-bond acceptors (Lipinski definition) is 6. The van der Waals surface area contributed by atoms with E-state index >= 15 is 0 Å². The van der Waals surface area contributed by atoms with E-state index in [1.165, 1.54) is 36.8 Å². The second-order valence-electron chi connectivity index (χ2n) is 8.57. The minimum Gasteiger partial charge on any atom is -0.390 e. The van der Waals surface area contributed by atoms with Crippen molar-refractivity contribution in [3.8, 4) is 0 Å². The van der Waals surface area contributed by atoms with Crippen LogP contribution in [-0.2, 0) is 9.84 Å². The van der Waals surface area contributed by atoms with Gasteiger partial charge in [-0.3, -0.25) is 9.78 Å². The quantitative estimate of drug-likeness (QED) is 0.740. The summed E-state index contributed by atoms with van der Waals surface area (Å²) in [5.41, 5.74) is -0.670. The van der Waals surface area contributed by atoms with E-state index < -0.39 is 26.6 Å². The summed E-state index contributed by atoms with van der Waals surface area (Å²) < 4.78 is 26.9. The molecule has 160 valence electrons. The van der Waals surface area contributed by atoms with Crippen molar-refractivity contribution in [2.24, 2.45) is 17.8 Å². The van der Waals surface area contributed by atoms with Crippen LogP contribution in [0.1, 0.15) is 43.5 Å². The van der Waals surface area contributed by atoms with Gasteiger partial charge in [-0.15, -0.1) is 0 Å². The number of benzene rings is 1. The maximum Gasteiger partial charge on any atom is 0.256 e. The summed E-state index contributed by atoms with van der Waals surface area (Å²) >= 11 is 6.26. The number of nitrogens with one attached hydrogen (secondary N) is 1. The number of nitrogens with zero attached hydrogens (tertiary/aromatic N) is 2. The SMILES string of the molecule is C[C@H]1CC2CC(S(=O)(=O)c3cc(C(=O)Nc4cnccn4)ccc3Cl)CC1[C@]2(C)O. The van der Waals surface area contributed by atoms with Crippen molar-refractivity contribution in [3.05, 3.63) is 47.4 Å². The second-order valence-corrected chi connectivity index (χ2v) is 11.2. The first kappa shape index (κ1) is 21.2. The minimum absolute atomic E-state index is 0.0467. The van der Waals surface area contributed by atoms with Crippen molar-refractivity contribution in [1.29, 1.82) is 0 Å². The number of hydrogen-bond donors (Lipinski definition) is 2. The molecule has 4 rings (SSSR count). The summed E-state index contributed by atoms with van der Waals surface area (Å²) in [4.78, 5) is 20.4. The molecule has 2 N–H and O–H groups in total. The first-order valence-electron chi connectivity index (χ1n) is 9.94. The van der Waals surface area contributed by atoms with Crippen LogP contribution in [0.4, 0.5) is 5.82 Å². The summed E-state index contributed by atoms with van der Waals surface area (Å²) in [7, 11) is -3.77. The Bertz CT molecular complexity index is 1070. The van der Waals surface area contributed by atoms with Crippen LogP contribution in [-0.4, -0.2) is 40.3 Å². The third-order valence-electron chi connectivity index (χ3n) is 6.73. The Morgan fingerprint density at radius 1 is 1.27 bits per heavy atom. The van der Waals surface area contributed by atoms with E-state index in [-0.39, 0.29) is 39.1 Å². The lowest BCUT2D eigenvalue weighted by atomic mass is 9.74. The highest BCUT2D eigenvalue weighted by Gasteiger charge is 2.56. The summed E-state index contributed by atoms with van der Waals surface area (Å²) in [6.07, 6.45) is 5.93. The van der Waals surface area contributed by atoms with Crippen LogP contribution in [0.25, 0.3) is 0 Å². The van der Waals surface area contributed by atoms with Crippen molar-refractivity contribution in [1.82, 2.24) is 9.97 Å². The molecule has 30 heavy (non-hydrogen) atoms. The van der Waals surface area contributed by atoms with Gasteiger partial charge in [0.2, 0.25) is 0 Å². The lowest BCUT2D eigenvalue weighted by Gasteiger charge is -2.40. The van der Waals surface area contributed by atoms with Crippen molar-refractivity contribution in [2.45, 2.75) is 48.9 Å². The molecule has 1 heterocycles. The van der Waals surface area contributed by atoms with Crippen LogP contribution >= 0.6 is 11.6 Å². The lowest BCUT2D eigenvalue weighted by Crippen LogP contribution is -2.46. The van der Waals surface area contributed by atoms with Crippen LogP contribution in [0.2, 0.25) is 5.02 Å². The van der Waals surface area contributed by atoms with Gasteiger partial charge in [-0.25, -0.2) is 13.4 Å². The number of carbonyl (C=O) groups excluding carboxylic acids is 1. The van der Waals surface area contributed by atoms with Crippen LogP contribution < -0.4 is 5.32 Å². The maximum atomic E-state index is 13.5. The van der Waals surface area contributed by atoms with E-state index in [9.17, 15) is 18.3 Å². The van der Waals surface area contributed by atoms with Gasteiger partial charge in [-0.05, 0) is 62.1 Å². The number of aliphatic hydroxyl groups is 1. The zero-order chi connectivity index (χ0) is 21.7. The topological polar surface area (TPSA) is 109 Å². The standard InChI is InChI=1S/C21H24ClN3O4S/c1-12-7-14-9-15(10-16(12)21(14,2)27)30(28,29)18-8-13(3-4-17(18)22)20(26)25-19-11-23-5-6-24-19/h3-6,8,11-12,14-16,27H,7,9-10H2,1-2H3,(H,24,25,26)/t12-,14?,15?,16?,21+/m0/s1. The summed E-state index contributed by atoms with van der Waals surface area (Å²) in [6.45, 7) is 3.89. The van der Waals surface area contributed by atoms with Gasteiger partial charge in [0.25, 0.3) is 5.91 Å². The molecule has 5 atom stereocenters. The Morgan fingerprint density at radius 3 is 2.70 bits per heavy atom. The number of amides is 1. The van der Waals surface area contributed by atoms with Gasteiger partial charge in [-0.1, -0.05) is 18.5 Å². The number of anilines is 1. The zero-order valence-electron chi connectivity index (χ0n) is 16.7. The largest absolute Gasteiger partial charge is 0.390 e. The van der Waals surface area contributed by atoms with Gasteiger partial charge < -0.3 is 10.4 Å². The van der Waals surface area contributed by atoms with Crippen molar-refractivity contribution < 1.29 is 18.3 Å². The Balaban J connectivity index is 1.62. The third-order valence-corrected chi connectivity index (χ3v) is 9.38. The molecule has 0 aliphatic heterocycles. The fourth-order valence-corrected chi connectivity index (χ4v) is 7.46. The first-order chi connectivity index (χ1) is 14.1. The molecule has 3 unspecified atom stereocenters. The highest BCUT2D eigenvalue weighted by atomic mass is 35.5. The molecule has 1 amide bonds. The molecule has 0 saturated heterocycles. The van der Waals surface area contributed by atoms with Crippen LogP contribution in [0.5, 0.6) is 0 Å². The Morgan fingerprint density at radius 2 is 2.03 bits per heavy atom. The van der Waals surface area contributed by atoms with Crippen molar-refractivity contribution >= 4 is 33.2 Å². The molecule has 2 aromatic rings. The van der Waals surface area contributed by atoms with E-state index in [0.717, 1.165) is 6.42 Å². The fraction of sp³-hybridized carbons (Fsp3) is 0.476. The molecule has 0 spiro atoms. The first-order valence-corrected chi connectivity index (χ1v) is 11.9. The molecular formula is C21H24ClN3O4S. The smallest absolute Gasteiger partial charge is 0.256 e. The minimum atomic E-state index is -3.77. The molecule has 2 bridgehead atoms. The number of carbonyl (C=O) groups is 1. The number of halogens is 1. The van der Waals surface area contributed by atoms with Crippen LogP contribution in [0, 0.1) is 17.8 Å². The maximum absolute atomic E-state index is 13.5. The number of aromatic nitrogens is 2. The molecular weight excluding hydrogens is 426 g/mol. The van der Waals surface area contributed by atoms with E-state index in [0.29, 0.717) is 12.8 Å². The molecule has 2 saturated carbocycles.